The van der Waals surface area contributed by atoms with Crippen LogP contribution in [0.15, 0.2) is 66.6 Å². The van der Waals surface area contributed by atoms with E-state index in [2.05, 4.69) is 16.5 Å². The van der Waals surface area contributed by atoms with E-state index in [1.54, 1.807) is 6.07 Å². The molecule has 0 aliphatic carbocycles. The lowest BCUT2D eigenvalue weighted by Crippen LogP contribution is -2.35. The molecular weight excluding hydrogens is 336 g/mol. The molecule has 0 saturated carbocycles. The zero-order chi connectivity index (χ0) is 17.8. The van der Waals surface area contributed by atoms with E-state index < -0.39 is 5.97 Å². The maximum Gasteiger partial charge on any atom is 0.339 e. The van der Waals surface area contributed by atoms with Crippen LogP contribution in [0.1, 0.15) is 10.4 Å². The van der Waals surface area contributed by atoms with Gasteiger partial charge in [0.05, 0.1) is 0 Å². The molecule has 3 rings (SSSR count). The summed E-state index contributed by atoms with van der Waals surface area (Å²) in [6.45, 7) is 4.42. The molecular formula is C19H17N2O3S+. The standard InChI is InChI=1S/C19H16N2O3S/c1-2-10-21-16(13-6-4-3-5-7-13)12-25-19(21)20-14-8-9-17(22)15(11-14)18(23)24/h2-9,11-12H,1,10H2,(H2,22,23,24)/p+1. The molecule has 0 fully saturated rings. The number of phenols is 1. The van der Waals surface area contributed by atoms with Gasteiger partial charge in [0.15, 0.2) is 0 Å². The van der Waals surface area contributed by atoms with Gasteiger partial charge in [0.25, 0.3) is 0 Å². The number of aromatic carboxylic acids is 1. The van der Waals surface area contributed by atoms with Gasteiger partial charge in [-0.3, -0.25) is 0 Å². The summed E-state index contributed by atoms with van der Waals surface area (Å²) in [7, 11) is 0. The van der Waals surface area contributed by atoms with Crippen molar-refractivity contribution in [1.29, 1.82) is 0 Å². The van der Waals surface area contributed by atoms with Gasteiger partial charge in [0.1, 0.15) is 29.2 Å². The number of carboxylic acid groups (broad SMARTS) is 1. The summed E-state index contributed by atoms with van der Waals surface area (Å²) >= 11 is 1.52. The van der Waals surface area contributed by atoms with E-state index in [0.29, 0.717) is 12.2 Å². The second kappa shape index (κ2) is 7.19. The lowest BCUT2D eigenvalue weighted by Gasteiger charge is -2.05. The van der Waals surface area contributed by atoms with Crippen LogP contribution in [0.2, 0.25) is 0 Å². The van der Waals surface area contributed by atoms with Crippen LogP contribution >= 0.6 is 11.3 Å². The lowest BCUT2D eigenvalue weighted by atomic mass is 10.1. The van der Waals surface area contributed by atoms with E-state index in [1.807, 2.05) is 41.8 Å². The molecule has 6 heteroatoms. The summed E-state index contributed by atoms with van der Waals surface area (Å²) in [6.07, 6.45) is 1.81. The molecule has 0 radical (unpaired) electrons. The van der Waals surface area contributed by atoms with Gasteiger partial charge < -0.3 is 10.2 Å². The van der Waals surface area contributed by atoms with E-state index in [-0.39, 0.29) is 11.3 Å². The normalized spacial score (nSPS) is 10.4. The van der Waals surface area contributed by atoms with Crippen LogP contribution in [0, 0.1) is 0 Å². The maximum atomic E-state index is 11.2. The average molecular weight is 353 g/mol. The van der Waals surface area contributed by atoms with E-state index in [9.17, 15) is 9.90 Å². The zero-order valence-corrected chi connectivity index (χ0v) is 14.2. The third-order valence-corrected chi connectivity index (χ3v) is 4.56. The molecule has 3 N–H and O–H groups in total. The molecule has 1 aromatic heterocycles. The topological polar surface area (TPSA) is 73.4 Å². The van der Waals surface area contributed by atoms with Crippen molar-refractivity contribution in [3.63, 3.8) is 0 Å². The minimum atomic E-state index is -1.17. The van der Waals surface area contributed by atoms with Gasteiger partial charge in [-0.2, -0.15) is 0 Å². The minimum Gasteiger partial charge on any atom is -0.507 e. The monoisotopic (exact) mass is 353 g/mol. The second-order valence-electron chi connectivity index (χ2n) is 5.35. The first-order chi connectivity index (χ1) is 12.1. The number of hydrogen-bond acceptors (Lipinski definition) is 4. The number of aromatic nitrogens is 1. The Balaban J connectivity index is 1.98. The highest BCUT2D eigenvalue weighted by molar-refractivity contribution is 7.13. The Morgan fingerprint density at radius 3 is 2.68 bits per heavy atom. The van der Waals surface area contributed by atoms with Crippen molar-refractivity contribution in [2.24, 2.45) is 0 Å². The number of allylic oxidation sites excluding steroid dienone is 1. The van der Waals surface area contributed by atoms with Crippen LogP contribution in [0.3, 0.4) is 0 Å². The first-order valence-electron chi connectivity index (χ1n) is 7.61. The molecule has 0 bridgehead atoms. The molecule has 25 heavy (non-hydrogen) atoms. The van der Waals surface area contributed by atoms with E-state index in [4.69, 9.17) is 5.11 Å². The predicted molar refractivity (Wildman–Crippen MR) is 98.5 cm³/mol. The molecule has 0 saturated heterocycles. The van der Waals surface area contributed by atoms with Crippen molar-refractivity contribution in [1.82, 2.24) is 0 Å². The zero-order valence-electron chi connectivity index (χ0n) is 13.3. The summed E-state index contributed by atoms with van der Waals surface area (Å²) in [5, 5.41) is 24.9. The Morgan fingerprint density at radius 1 is 1.24 bits per heavy atom. The number of benzene rings is 2. The van der Waals surface area contributed by atoms with Crippen LogP contribution in [-0.2, 0) is 6.54 Å². The molecule has 0 aliphatic heterocycles. The summed E-state index contributed by atoms with van der Waals surface area (Å²) < 4.78 is 2.07. The van der Waals surface area contributed by atoms with Crippen LogP contribution in [0.4, 0.5) is 10.8 Å². The van der Waals surface area contributed by atoms with E-state index in [0.717, 1.165) is 16.4 Å². The van der Waals surface area contributed by atoms with Gasteiger partial charge >= 0.3 is 11.1 Å². The molecule has 0 spiro atoms. The van der Waals surface area contributed by atoms with E-state index in [1.165, 1.54) is 23.5 Å². The summed E-state index contributed by atoms with van der Waals surface area (Å²) in [5.41, 5.74) is 2.59. The molecule has 3 aromatic rings. The molecule has 0 amide bonds. The van der Waals surface area contributed by atoms with Crippen LogP contribution in [0.25, 0.3) is 11.3 Å². The van der Waals surface area contributed by atoms with Crippen molar-refractivity contribution >= 4 is 28.1 Å². The minimum absolute atomic E-state index is 0.139. The fourth-order valence-corrected chi connectivity index (χ4v) is 3.46. The maximum absolute atomic E-state index is 11.2. The first kappa shape index (κ1) is 16.7. The summed E-state index contributed by atoms with van der Waals surface area (Å²) in [4.78, 5) is 11.2. The predicted octanol–water partition coefficient (Wildman–Crippen LogP) is 4.04. The van der Waals surface area contributed by atoms with E-state index >= 15 is 0 Å². The van der Waals surface area contributed by atoms with Crippen LogP contribution < -0.4 is 9.88 Å². The fraction of sp³-hybridized carbons (Fsp3) is 0.0526. The quantitative estimate of drug-likeness (QED) is 0.355. The largest absolute Gasteiger partial charge is 0.507 e. The smallest absolute Gasteiger partial charge is 0.339 e. The second-order valence-corrected chi connectivity index (χ2v) is 6.21. The number of hydrogen-bond donors (Lipinski definition) is 3. The number of thiazole rings is 1. The number of nitrogens with zero attached hydrogens (tertiary/aromatic N) is 1. The number of rotatable bonds is 6. The van der Waals surface area contributed by atoms with Gasteiger partial charge in [-0.1, -0.05) is 54.3 Å². The van der Waals surface area contributed by atoms with Crippen molar-refractivity contribution in [3.8, 4) is 17.0 Å². The molecule has 5 nitrogen and oxygen atoms in total. The van der Waals surface area contributed by atoms with Crippen LogP contribution in [0.5, 0.6) is 5.75 Å². The van der Waals surface area contributed by atoms with Gasteiger partial charge in [0.2, 0.25) is 0 Å². The van der Waals surface area contributed by atoms with Gasteiger partial charge in [-0.05, 0) is 12.1 Å². The van der Waals surface area contributed by atoms with Crippen LogP contribution in [-0.4, -0.2) is 16.2 Å². The molecule has 0 atom stereocenters. The fourth-order valence-electron chi connectivity index (χ4n) is 2.50. The molecule has 126 valence electrons. The van der Waals surface area contributed by atoms with Gasteiger partial charge in [-0.15, -0.1) is 0 Å². The summed E-state index contributed by atoms with van der Waals surface area (Å²) in [6, 6.07) is 14.4. The number of anilines is 2. The Bertz CT molecular complexity index is 920. The van der Waals surface area contributed by atoms with Crippen molar-refractivity contribution in [3.05, 3.63) is 72.1 Å². The SMILES string of the molecule is C=CC[n+]1c(-c2ccccc2)csc1Nc1ccc(O)c(C(=O)O)c1. The van der Waals surface area contributed by atoms with Gasteiger partial charge in [0, 0.05) is 17.0 Å². The highest BCUT2D eigenvalue weighted by Gasteiger charge is 2.20. The Kier molecular flexibility index (Phi) is 4.81. The van der Waals surface area contributed by atoms with Crippen molar-refractivity contribution in [2.45, 2.75) is 6.54 Å². The van der Waals surface area contributed by atoms with Gasteiger partial charge in [-0.25, -0.2) is 14.7 Å². The average Bonchev–Trinajstić information content (AvgIpc) is 3.00. The number of nitrogens with one attached hydrogen (secondary N) is 1. The summed E-state index contributed by atoms with van der Waals surface area (Å²) in [5.74, 6) is -1.43. The lowest BCUT2D eigenvalue weighted by molar-refractivity contribution is -0.657. The Morgan fingerprint density at radius 2 is 2.00 bits per heavy atom. The third-order valence-electron chi connectivity index (χ3n) is 3.68. The third kappa shape index (κ3) is 3.54. The number of carbonyl (C=O) groups is 1. The highest BCUT2D eigenvalue weighted by Crippen LogP contribution is 2.28. The molecule has 0 aliphatic rings. The number of carboxylic acids is 1. The number of aromatic hydroxyl groups is 1. The Labute approximate surface area is 149 Å². The Hall–Kier alpha value is -3.12. The highest BCUT2D eigenvalue weighted by atomic mass is 32.1. The molecule has 2 aromatic carbocycles. The van der Waals surface area contributed by atoms with Crippen molar-refractivity contribution < 1.29 is 19.6 Å². The molecule has 0 unspecified atom stereocenters. The van der Waals surface area contributed by atoms with Crippen molar-refractivity contribution in [2.75, 3.05) is 5.32 Å². The molecule has 1 heterocycles. The first-order valence-corrected chi connectivity index (χ1v) is 8.49.